The smallest absolute Gasteiger partial charge is 0.267 e. The zero-order valence-corrected chi connectivity index (χ0v) is 16.4. The number of amides is 2. The van der Waals surface area contributed by atoms with Crippen LogP contribution in [-0.2, 0) is 9.63 Å². The Labute approximate surface area is 175 Å². The predicted molar refractivity (Wildman–Crippen MR) is 102 cm³/mol. The van der Waals surface area contributed by atoms with Gasteiger partial charge in [-0.05, 0) is 24.1 Å². The Bertz CT molecular complexity index is 988. The average Bonchev–Trinajstić information content (AvgIpc) is 3.22. The van der Waals surface area contributed by atoms with Crippen LogP contribution in [0, 0.1) is 17.6 Å². The number of benzene rings is 1. The van der Waals surface area contributed by atoms with Crippen molar-refractivity contribution in [2.45, 2.75) is 25.1 Å². The molecule has 2 aliphatic heterocycles. The molecule has 0 aliphatic carbocycles. The van der Waals surface area contributed by atoms with E-state index in [0.29, 0.717) is 18.8 Å². The third-order valence-electron chi connectivity index (χ3n) is 5.48. The molecular weight excluding hydrogens is 415 g/mol. The molecule has 3 heterocycles. The minimum absolute atomic E-state index is 0.00856. The fourth-order valence-corrected chi connectivity index (χ4v) is 3.97. The fourth-order valence-electron chi connectivity index (χ4n) is 3.97. The Hall–Kier alpha value is -3.21. The highest BCUT2D eigenvalue weighted by molar-refractivity contribution is 5.91. The van der Waals surface area contributed by atoms with E-state index in [1.54, 1.807) is 4.90 Å². The van der Waals surface area contributed by atoms with Crippen LogP contribution in [0.2, 0.25) is 0 Å². The number of anilines is 1. The van der Waals surface area contributed by atoms with E-state index in [1.165, 1.54) is 12.4 Å². The maximum Gasteiger partial charge on any atom is 0.267 e. The van der Waals surface area contributed by atoms with Crippen molar-refractivity contribution in [1.82, 2.24) is 15.0 Å². The second-order valence-corrected chi connectivity index (χ2v) is 7.49. The minimum atomic E-state index is -1.54. The van der Waals surface area contributed by atoms with Gasteiger partial charge in [-0.1, -0.05) is 0 Å². The van der Waals surface area contributed by atoms with Crippen molar-refractivity contribution in [2.24, 2.45) is 11.7 Å². The second-order valence-electron chi connectivity index (χ2n) is 7.49. The molecular formula is C20H20F3N5O3. The first-order valence-electron chi connectivity index (χ1n) is 9.76. The van der Waals surface area contributed by atoms with Gasteiger partial charge in [-0.2, -0.15) is 0 Å². The molecule has 2 N–H and O–H groups in total. The summed E-state index contributed by atoms with van der Waals surface area (Å²) >= 11 is 0. The molecule has 164 valence electrons. The van der Waals surface area contributed by atoms with Gasteiger partial charge in [0, 0.05) is 25.1 Å². The van der Waals surface area contributed by atoms with Gasteiger partial charge in [0.15, 0.2) is 0 Å². The van der Waals surface area contributed by atoms with E-state index in [1.807, 2.05) is 0 Å². The normalized spacial score (nSPS) is 23.8. The summed E-state index contributed by atoms with van der Waals surface area (Å²) in [4.78, 5) is 39.1. The van der Waals surface area contributed by atoms with Crippen LogP contribution in [-0.4, -0.2) is 52.7 Å². The van der Waals surface area contributed by atoms with Crippen LogP contribution in [0.1, 0.15) is 34.9 Å². The van der Waals surface area contributed by atoms with Crippen molar-refractivity contribution in [1.29, 1.82) is 0 Å². The molecule has 1 aromatic heterocycles. The lowest BCUT2D eigenvalue weighted by Gasteiger charge is -2.36. The first-order chi connectivity index (χ1) is 14.8. The molecule has 8 nitrogen and oxygen atoms in total. The number of carbonyl (C=O) groups excluding carboxylic acids is 2. The molecule has 0 radical (unpaired) electrons. The number of piperidine rings is 1. The number of hydroxylamine groups is 2. The van der Waals surface area contributed by atoms with Gasteiger partial charge in [-0.15, -0.1) is 0 Å². The van der Waals surface area contributed by atoms with Crippen molar-refractivity contribution in [3.05, 3.63) is 53.5 Å². The molecule has 31 heavy (non-hydrogen) atoms. The molecule has 2 amide bonds. The van der Waals surface area contributed by atoms with Crippen molar-refractivity contribution in [3.63, 3.8) is 0 Å². The Morgan fingerprint density at radius 1 is 1.10 bits per heavy atom. The Morgan fingerprint density at radius 3 is 2.52 bits per heavy atom. The van der Waals surface area contributed by atoms with Gasteiger partial charge < -0.3 is 10.6 Å². The molecule has 2 aromatic rings. The van der Waals surface area contributed by atoms with Crippen LogP contribution < -0.4 is 10.6 Å². The number of hydrogen-bond donors (Lipinski definition) is 1. The highest BCUT2D eigenvalue weighted by Gasteiger charge is 2.42. The van der Waals surface area contributed by atoms with Crippen LogP contribution in [0.25, 0.3) is 0 Å². The van der Waals surface area contributed by atoms with Gasteiger partial charge in [0.2, 0.25) is 0 Å². The van der Waals surface area contributed by atoms with E-state index in [4.69, 9.17) is 10.6 Å². The maximum atomic E-state index is 15.0. The van der Waals surface area contributed by atoms with E-state index in [9.17, 15) is 18.4 Å². The molecule has 0 saturated carbocycles. The molecule has 1 aromatic carbocycles. The minimum Gasteiger partial charge on any atom is -0.364 e. The monoisotopic (exact) mass is 435 g/mol. The predicted octanol–water partition coefficient (Wildman–Crippen LogP) is 1.92. The number of rotatable bonds is 4. The van der Waals surface area contributed by atoms with Crippen molar-refractivity contribution < 1.29 is 27.6 Å². The molecule has 0 spiro atoms. The fraction of sp³-hybridized carbons (Fsp3) is 0.400. The molecule has 11 heteroatoms. The number of nitrogens with zero attached hydrogens (tertiary/aromatic N) is 4. The van der Waals surface area contributed by atoms with Crippen LogP contribution >= 0.6 is 0 Å². The SMILES string of the molecule is NC(=O)c1cc(N2CC[C@@H](C(=O)N3OCCC3c3cc(F)cc(F)c3)[C@@H](F)C2)ncn1. The first-order valence-corrected chi connectivity index (χ1v) is 9.76. The second kappa shape index (κ2) is 8.50. The summed E-state index contributed by atoms with van der Waals surface area (Å²) in [5.74, 6) is -3.45. The summed E-state index contributed by atoms with van der Waals surface area (Å²) in [7, 11) is 0. The van der Waals surface area contributed by atoms with Gasteiger partial charge in [-0.25, -0.2) is 28.2 Å². The van der Waals surface area contributed by atoms with Crippen LogP contribution in [0.3, 0.4) is 0 Å². The molecule has 4 rings (SSSR count). The number of aromatic nitrogens is 2. The van der Waals surface area contributed by atoms with Crippen molar-refractivity contribution >= 4 is 17.6 Å². The van der Waals surface area contributed by atoms with Gasteiger partial charge >= 0.3 is 0 Å². The third kappa shape index (κ3) is 4.31. The van der Waals surface area contributed by atoms with Crippen LogP contribution in [0.5, 0.6) is 0 Å². The van der Waals surface area contributed by atoms with E-state index in [2.05, 4.69) is 9.97 Å². The zero-order chi connectivity index (χ0) is 22.1. The lowest BCUT2D eigenvalue weighted by molar-refractivity contribution is -0.184. The summed E-state index contributed by atoms with van der Waals surface area (Å²) in [5.41, 5.74) is 5.49. The summed E-state index contributed by atoms with van der Waals surface area (Å²) in [6.07, 6.45) is 0.143. The van der Waals surface area contributed by atoms with Gasteiger partial charge in [0.05, 0.1) is 25.1 Å². The van der Waals surface area contributed by atoms with E-state index in [0.717, 1.165) is 23.3 Å². The zero-order valence-electron chi connectivity index (χ0n) is 16.4. The summed E-state index contributed by atoms with van der Waals surface area (Å²) in [6, 6.07) is 3.71. The Balaban J connectivity index is 1.47. The topological polar surface area (TPSA) is 102 Å². The van der Waals surface area contributed by atoms with E-state index in [-0.39, 0.29) is 30.8 Å². The molecule has 2 aliphatic rings. The lowest BCUT2D eigenvalue weighted by Crippen LogP contribution is -2.49. The molecule has 3 atom stereocenters. The largest absolute Gasteiger partial charge is 0.364 e. The number of primary amides is 1. The van der Waals surface area contributed by atoms with Crippen molar-refractivity contribution in [3.8, 4) is 0 Å². The summed E-state index contributed by atoms with van der Waals surface area (Å²) < 4.78 is 42.2. The number of nitrogens with two attached hydrogens (primary N) is 1. The van der Waals surface area contributed by atoms with Crippen LogP contribution in [0.4, 0.5) is 19.0 Å². The quantitative estimate of drug-likeness (QED) is 0.788. The summed E-state index contributed by atoms with van der Waals surface area (Å²) in [6.45, 7) is 0.360. The average molecular weight is 435 g/mol. The number of hydrogen-bond acceptors (Lipinski definition) is 6. The van der Waals surface area contributed by atoms with Crippen molar-refractivity contribution in [2.75, 3.05) is 24.6 Å². The number of carbonyl (C=O) groups is 2. The maximum absolute atomic E-state index is 15.0. The standard InChI is InChI=1S/C20H20F3N5O3/c21-12-5-11(6-13(22)7-12)17-2-4-31-28(17)20(30)14-1-3-27(9-15(14)23)18-8-16(19(24)29)25-10-26-18/h5-8,10,14-15,17H,1-4,9H2,(H2,24,29)/t14-,15+,17?/m1/s1. The molecule has 0 bridgehead atoms. The molecule has 2 fully saturated rings. The lowest BCUT2D eigenvalue weighted by atomic mass is 9.92. The van der Waals surface area contributed by atoms with Gasteiger partial charge in [0.25, 0.3) is 11.8 Å². The summed E-state index contributed by atoms with van der Waals surface area (Å²) in [5, 5.41) is 1.04. The third-order valence-corrected chi connectivity index (χ3v) is 5.48. The first kappa shape index (κ1) is 21.0. The van der Waals surface area contributed by atoms with E-state index >= 15 is 4.39 Å². The van der Waals surface area contributed by atoms with Gasteiger partial charge in [0.1, 0.15) is 35.6 Å². The highest BCUT2D eigenvalue weighted by atomic mass is 19.1. The van der Waals surface area contributed by atoms with Gasteiger partial charge in [-0.3, -0.25) is 14.4 Å². The number of alkyl halides is 1. The Kier molecular flexibility index (Phi) is 5.77. The van der Waals surface area contributed by atoms with E-state index < -0.39 is 41.6 Å². The number of halogens is 3. The Morgan fingerprint density at radius 2 is 1.84 bits per heavy atom. The highest BCUT2D eigenvalue weighted by Crippen LogP contribution is 2.35. The van der Waals surface area contributed by atoms with Crippen LogP contribution in [0.15, 0.2) is 30.6 Å². The molecule has 2 saturated heterocycles. The molecule has 1 unspecified atom stereocenters.